The molecule has 9 heteroatoms. The summed E-state index contributed by atoms with van der Waals surface area (Å²) in [6.07, 6.45) is 0.219. The molecule has 0 aliphatic heterocycles. The number of carboxylic acids is 1. The molecule has 0 radical (unpaired) electrons. The van der Waals surface area contributed by atoms with E-state index in [-0.39, 0.29) is 12.3 Å². The van der Waals surface area contributed by atoms with Crippen molar-refractivity contribution >= 4 is 23.7 Å². The molecule has 1 aromatic rings. The molecule has 3 unspecified atom stereocenters. The largest absolute Gasteiger partial charge is 0.480 e. The second-order valence-corrected chi connectivity index (χ2v) is 6.88. The highest BCUT2D eigenvalue weighted by molar-refractivity contribution is 5.92. The van der Waals surface area contributed by atoms with Gasteiger partial charge in [0.25, 0.3) is 0 Å². The SMILES string of the molecule is CC(N)C(=O)NC(Cc1ccccc1)C(=O)NCC(=O)NC(C(=O)O)C(C)C. The Morgan fingerprint density at radius 1 is 1.00 bits per heavy atom. The summed E-state index contributed by atoms with van der Waals surface area (Å²) in [5.74, 6) is -3.16. The van der Waals surface area contributed by atoms with E-state index in [0.29, 0.717) is 0 Å². The smallest absolute Gasteiger partial charge is 0.326 e. The van der Waals surface area contributed by atoms with Crippen LogP contribution in [0, 0.1) is 5.92 Å². The van der Waals surface area contributed by atoms with E-state index in [1.165, 1.54) is 6.92 Å². The number of hydrogen-bond acceptors (Lipinski definition) is 5. The van der Waals surface area contributed by atoms with Crippen LogP contribution in [0.5, 0.6) is 0 Å². The highest BCUT2D eigenvalue weighted by Gasteiger charge is 2.25. The van der Waals surface area contributed by atoms with Gasteiger partial charge in [0.2, 0.25) is 17.7 Å². The van der Waals surface area contributed by atoms with Gasteiger partial charge in [-0.05, 0) is 18.4 Å². The van der Waals surface area contributed by atoms with Gasteiger partial charge in [0.15, 0.2) is 0 Å². The van der Waals surface area contributed by atoms with E-state index in [9.17, 15) is 19.2 Å². The molecule has 0 heterocycles. The normalized spacial score (nSPS) is 13.9. The molecule has 1 aromatic carbocycles. The first kappa shape index (κ1) is 23.1. The first-order valence-corrected chi connectivity index (χ1v) is 9.01. The van der Waals surface area contributed by atoms with Gasteiger partial charge in [-0.3, -0.25) is 14.4 Å². The van der Waals surface area contributed by atoms with E-state index in [4.69, 9.17) is 10.8 Å². The third kappa shape index (κ3) is 7.75. The van der Waals surface area contributed by atoms with E-state index >= 15 is 0 Å². The fourth-order valence-corrected chi connectivity index (χ4v) is 2.39. The van der Waals surface area contributed by atoms with Crippen LogP contribution in [0.15, 0.2) is 30.3 Å². The Hall–Kier alpha value is -2.94. The van der Waals surface area contributed by atoms with Crippen molar-refractivity contribution in [1.29, 1.82) is 0 Å². The van der Waals surface area contributed by atoms with Crippen LogP contribution in [0.4, 0.5) is 0 Å². The van der Waals surface area contributed by atoms with Gasteiger partial charge < -0.3 is 26.8 Å². The average Bonchev–Trinajstić information content (AvgIpc) is 2.63. The summed E-state index contributed by atoms with van der Waals surface area (Å²) in [4.78, 5) is 47.6. The highest BCUT2D eigenvalue weighted by Crippen LogP contribution is 2.04. The fraction of sp³-hybridized carbons (Fsp3) is 0.474. The molecule has 1 rings (SSSR count). The molecule has 0 bridgehead atoms. The summed E-state index contributed by atoms with van der Waals surface area (Å²) in [5, 5.41) is 16.5. The predicted octanol–water partition coefficient (Wildman–Crippen LogP) is -0.597. The van der Waals surface area contributed by atoms with Crippen molar-refractivity contribution in [3.05, 3.63) is 35.9 Å². The lowest BCUT2D eigenvalue weighted by atomic mass is 10.0. The number of hydrogen-bond donors (Lipinski definition) is 5. The number of carboxylic acid groups (broad SMARTS) is 1. The van der Waals surface area contributed by atoms with E-state index in [2.05, 4.69) is 16.0 Å². The standard InChI is InChI=1S/C19H28N4O5/c1-11(2)16(19(27)28)23-15(24)10-21-18(26)14(22-17(25)12(3)20)9-13-7-5-4-6-8-13/h4-8,11-12,14,16H,9-10,20H2,1-3H3,(H,21,26)(H,22,25)(H,23,24)(H,27,28). The zero-order valence-electron chi connectivity index (χ0n) is 16.3. The highest BCUT2D eigenvalue weighted by atomic mass is 16.4. The summed E-state index contributed by atoms with van der Waals surface area (Å²) < 4.78 is 0. The molecule has 6 N–H and O–H groups in total. The third-order valence-electron chi connectivity index (χ3n) is 4.00. The van der Waals surface area contributed by atoms with Gasteiger partial charge in [-0.15, -0.1) is 0 Å². The summed E-state index contributed by atoms with van der Waals surface area (Å²) in [7, 11) is 0. The number of nitrogens with two attached hydrogens (primary N) is 1. The zero-order chi connectivity index (χ0) is 21.3. The monoisotopic (exact) mass is 392 g/mol. The molecule has 0 aliphatic rings. The number of rotatable bonds is 10. The van der Waals surface area contributed by atoms with Gasteiger partial charge in [0.1, 0.15) is 12.1 Å². The number of carbonyl (C=O) groups excluding carboxylic acids is 3. The molecule has 0 saturated heterocycles. The maximum Gasteiger partial charge on any atom is 0.326 e. The third-order valence-corrected chi connectivity index (χ3v) is 4.00. The molecule has 0 aliphatic carbocycles. The molecule has 3 atom stereocenters. The zero-order valence-corrected chi connectivity index (χ0v) is 16.3. The lowest BCUT2D eigenvalue weighted by Gasteiger charge is -2.21. The maximum absolute atomic E-state index is 12.5. The van der Waals surface area contributed by atoms with Crippen molar-refractivity contribution in [1.82, 2.24) is 16.0 Å². The van der Waals surface area contributed by atoms with E-state index in [0.717, 1.165) is 5.56 Å². The number of aliphatic carboxylic acids is 1. The van der Waals surface area contributed by atoms with Gasteiger partial charge in [-0.1, -0.05) is 44.2 Å². The lowest BCUT2D eigenvalue weighted by Crippen LogP contribution is -2.54. The lowest BCUT2D eigenvalue weighted by molar-refractivity contribution is -0.143. The van der Waals surface area contributed by atoms with E-state index in [1.54, 1.807) is 13.8 Å². The second kappa shape index (κ2) is 11.0. The molecule has 0 spiro atoms. The minimum atomic E-state index is -1.15. The molecule has 3 amide bonds. The minimum Gasteiger partial charge on any atom is -0.480 e. The van der Waals surface area contributed by atoms with Gasteiger partial charge in [0.05, 0.1) is 12.6 Å². The van der Waals surface area contributed by atoms with Crippen LogP contribution in [0.3, 0.4) is 0 Å². The van der Waals surface area contributed by atoms with Crippen molar-refractivity contribution in [2.24, 2.45) is 11.7 Å². The summed E-state index contributed by atoms with van der Waals surface area (Å²) in [6, 6.07) is 6.30. The first-order chi connectivity index (χ1) is 13.1. The van der Waals surface area contributed by atoms with Gasteiger partial charge in [-0.2, -0.15) is 0 Å². The van der Waals surface area contributed by atoms with Crippen LogP contribution >= 0.6 is 0 Å². The molecule has 154 valence electrons. The van der Waals surface area contributed by atoms with E-state index in [1.807, 2.05) is 30.3 Å². The Balaban J connectivity index is 2.73. The van der Waals surface area contributed by atoms with Crippen molar-refractivity contribution < 1.29 is 24.3 Å². The molecular formula is C19H28N4O5. The summed E-state index contributed by atoms with van der Waals surface area (Å²) in [6.45, 7) is 4.42. The number of carbonyl (C=O) groups is 4. The van der Waals surface area contributed by atoms with Crippen LogP contribution in [-0.2, 0) is 25.6 Å². The maximum atomic E-state index is 12.5. The van der Waals surface area contributed by atoms with Crippen molar-refractivity contribution in [3.8, 4) is 0 Å². The van der Waals surface area contributed by atoms with Crippen molar-refractivity contribution in [2.75, 3.05) is 6.54 Å². The predicted molar refractivity (Wildman–Crippen MR) is 103 cm³/mol. The Labute approximate surface area is 164 Å². The van der Waals surface area contributed by atoms with E-state index < -0.39 is 48.4 Å². The molecule has 0 fully saturated rings. The molecule has 28 heavy (non-hydrogen) atoms. The fourth-order valence-electron chi connectivity index (χ4n) is 2.39. The molecular weight excluding hydrogens is 364 g/mol. The van der Waals surface area contributed by atoms with Crippen LogP contribution in [0.1, 0.15) is 26.3 Å². The Morgan fingerprint density at radius 3 is 2.11 bits per heavy atom. The molecule has 0 aromatic heterocycles. The molecule has 0 saturated carbocycles. The van der Waals surface area contributed by atoms with Crippen LogP contribution in [0.2, 0.25) is 0 Å². The summed E-state index contributed by atoms with van der Waals surface area (Å²) in [5.41, 5.74) is 6.37. The van der Waals surface area contributed by atoms with Gasteiger partial charge in [-0.25, -0.2) is 4.79 Å². The number of nitrogens with one attached hydrogen (secondary N) is 3. The topological polar surface area (TPSA) is 151 Å². The Bertz CT molecular complexity index is 691. The van der Waals surface area contributed by atoms with Crippen LogP contribution in [-0.4, -0.2) is 53.5 Å². The Kier molecular flexibility index (Phi) is 9.10. The number of benzene rings is 1. The molecule has 9 nitrogen and oxygen atoms in total. The van der Waals surface area contributed by atoms with Crippen molar-refractivity contribution in [3.63, 3.8) is 0 Å². The van der Waals surface area contributed by atoms with Crippen molar-refractivity contribution in [2.45, 2.75) is 45.3 Å². The Morgan fingerprint density at radius 2 is 1.61 bits per heavy atom. The second-order valence-electron chi connectivity index (χ2n) is 6.88. The van der Waals surface area contributed by atoms with Gasteiger partial charge >= 0.3 is 5.97 Å². The van der Waals surface area contributed by atoms with Crippen LogP contribution in [0.25, 0.3) is 0 Å². The quantitative estimate of drug-likeness (QED) is 0.359. The first-order valence-electron chi connectivity index (χ1n) is 9.01. The summed E-state index contributed by atoms with van der Waals surface area (Å²) >= 11 is 0. The number of amides is 3. The van der Waals surface area contributed by atoms with Gasteiger partial charge in [0, 0.05) is 6.42 Å². The minimum absolute atomic E-state index is 0.219. The van der Waals surface area contributed by atoms with Crippen LogP contribution < -0.4 is 21.7 Å². The average molecular weight is 392 g/mol.